The molecule has 1 aliphatic rings. The first-order valence-corrected chi connectivity index (χ1v) is 5.95. The number of aliphatic hydroxyl groups is 2. The third kappa shape index (κ3) is 3.85. The highest BCUT2D eigenvalue weighted by atomic mass is 16.4. The minimum absolute atomic E-state index is 0.0149. The number of hydrogen-bond acceptors (Lipinski definition) is 4. The molecule has 1 aliphatic heterocycles. The zero-order chi connectivity index (χ0) is 13.9. The van der Waals surface area contributed by atoms with E-state index in [-0.39, 0.29) is 19.0 Å². The number of aliphatic hydroxyl groups excluding tert-OH is 2. The van der Waals surface area contributed by atoms with E-state index in [1.165, 1.54) is 4.90 Å². The quantitative estimate of drug-likeness (QED) is 0.530. The van der Waals surface area contributed by atoms with Gasteiger partial charge in [0.25, 0.3) is 0 Å². The Bertz CT molecular complexity index is 311. The number of carbonyl (C=O) groups excluding carboxylic acids is 1. The van der Waals surface area contributed by atoms with E-state index >= 15 is 0 Å². The third-order valence-corrected chi connectivity index (χ3v) is 2.85. The molecule has 2 amide bonds. The van der Waals surface area contributed by atoms with Gasteiger partial charge in [0.15, 0.2) is 0 Å². The maximum Gasteiger partial charge on any atom is 0.326 e. The Morgan fingerprint density at radius 1 is 1.28 bits per heavy atom. The minimum Gasteiger partial charge on any atom is -0.480 e. The first-order valence-electron chi connectivity index (χ1n) is 5.95. The second kappa shape index (κ2) is 6.01. The highest BCUT2D eigenvalue weighted by Crippen LogP contribution is 2.11. The van der Waals surface area contributed by atoms with Gasteiger partial charge in [-0.15, -0.1) is 0 Å². The fraction of sp³-hybridized carbons (Fsp3) is 0.818. The normalized spacial score (nSPS) is 25.3. The Labute approximate surface area is 105 Å². The molecule has 0 aromatic carbocycles. The zero-order valence-electron chi connectivity index (χ0n) is 10.5. The number of nitrogens with zero attached hydrogens (tertiary/aromatic N) is 1. The molecule has 7 nitrogen and oxygen atoms in total. The lowest BCUT2D eigenvalue weighted by atomic mass is 10.0. The molecule has 0 bridgehead atoms. The largest absolute Gasteiger partial charge is 0.480 e. The molecule has 0 radical (unpaired) electrons. The van der Waals surface area contributed by atoms with Crippen LogP contribution >= 0.6 is 0 Å². The van der Waals surface area contributed by atoms with Gasteiger partial charge < -0.3 is 25.5 Å². The fourth-order valence-corrected chi connectivity index (χ4v) is 1.87. The lowest BCUT2D eigenvalue weighted by Crippen LogP contribution is -2.48. The molecule has 0 aliphatic carbocycles. The predicted octanol–water partition coefficient (Wildman–Crippen LogP) is -0.767. The van der Waals surface area contributed by atoms with Crippen LogP contribution in [0.3, 0.4) is 0 Å². The van der Waals surface area contributed by atoms with Crippen LogP contribution in [0.1, 0.15) is 20.3 Å². The Hall–Kier alpha value is -1.34. The second-order valence-corrected chi connectivity index (χ2v) is 5.01. The van der Waals surface area contributed by atoms with Crippen molar-refractivity contribution >= 4 is 12.0 Å². The minimum atomic E-state index is -1.09. The van der Waals surface area contributed by atoms with E-state index in [0.717, 1.165) is 0 Å². The monoisotopic (exact) mass is 260 g/mol. The molecular formula is C11H20N2O5. The van der Waals surface area contributed by atoms with E-state index in [4.69, 9.17) is 5.11 Å². The summed E-state index contributed by atoms with van der Waals surface area (Å²) >= 11 is 0. The van der Waals surface area contributed by atoms with Crippen LogP contribution in [-0.2, 0) is 4.79 Å². The van der Waals surface area contributed by atoms with Gasteiger partial charge >= 0.3 is 12.0 Å². The molecule has 18 heavy (non-hydrogen) atoms. The summed E-state index contributed by atoms with van der Waals surface area (Å²) in [6.45, 7) is 3.76. The summed E-state index contributed by atoms with van der Waals surface area (Å²) in [5.41, 5.74) is 0. The van der Waals surface area contributed by atoms with E-state index in [1.807, 2.05) is 13.8 Å². The first kappa shape index (κ1) is 14.7. The van der Waals surface area contributed by atoms with Gasteiger partial charge in [0.1, 0.15) is 6.04 Å². The lowest BCUT2D eigenvalue weighted by molar-refractivity contribution is -0.139. The average Bonchev–Trinajstić information content (AvgIpc) is 2.57. The molecule has 2 unspecified atom stereocenters. The van der Waals surface area contributed by atoms with Crippen LogP contribution in [0.25, 0.3) is 0 Å². The molecule has 104 valence electrons. The van der Waals surface area contributed by atoms with E-state index in [1.54, 1.807) is 0 Å². The zero-order valence-corrected chi connectivity index (χ0v) is 10.5. The van der Waals surface area contributed by atoms with E-state index in [9.17, 15) is 19.8 Å². The highest BCUT2D eigenvalue weighted by molar-refractivity contribution is 5.82. The topological polar surface area (TPSA) is 110 Å². The smallest absolute Gasteiger partial charge is 0.326 e. The van der Waals surface area contributed by atoms with Crippen molar-refractivity contribution in [1.82, 2.24) is 10.2 Å². The molecule has 3 atom stereocenters. The van der Waals surface area contributed by atoms with Gasteiger partial charge in [0.2, 0.25) is 0 Å². The third-order valence-electron chi connectivity index (χ3n) is 2.85. The SMILES string of the molecule is CC(C)C[C@@H](NC(=O)N1CC(O)C(O)C1)C(=O)O. The summed E-state index contributed by atoms with van der Waals surface area (Å²) in [6.07, 6.45) is -1.60. The van der Waals surface area contributed by atoms with Gasteiger partial charge in [-0.3, -0.25) is 0 Å². The van der Waals surface area contributed by atoms with Crippen LogP contribution in [-0.4, -0.2) is 63.6 Å². The van der Waals surface area contributed by atoms with Crippen molar-refractivity contribution in [2.45, 2.75) is 38.5 Å². The van der Waals surface area contributed by atoms with Crippen molar-refractivity contribution in [3.63, 3.8) is 0 Å². The number of rotatable bonds is 4. The number of hydrogen-bond donors (Lipinski definition) is 4. The number of nitrogens with one attached hydrogen (secondary N) is 1. The number of carboxylic acids is 1. The number of likely N-dealkylation sites (tertiary alicyclic amines) is 1. The molecule has 1 heterocycles. The van der Waals surface area contributed by atoms with Crippen molar-refractivity contribution in [3.05, 3.63) is 0 Å². The van der Waals surface area contributed by atoms with Crippen LogP contribution in [0.5, 0.6) is 0 Å². The van der Waals surface area contributed by atoms with E-state index < -0.39 is 30.3 Å². The van der Waals surface area contributed by atoms with Crippen molar-refractivity contribution in [3.8, 4) is 0 Å². The maximum atomic E-state index is 11.8. The fourth-order valence-electron chi connectivity index (χ4n) is 1.87. The molecule has 1 saturated heterocycles. The van der Waals surface area contributed by atoms with Gasteiger partial charge in [-0.2, -0.15) is 0 Å². The highest BCUT2D eigenvalue weighted by Gasteiger charge is 2.34. The van der Waals surface area contributed by atoms with Gasteiger partial charge in [-0.25, -0.2) is 9.59 Å². The summed E-state index contributed by atoms with van der Waals surface area (Å²) in [5, 5.41) is 30.0. The van der Waals surface area contributed by atoms with E-state index in [0.29, 0.717) is 6.42 Å². The van der Waals surface area contributed by atoms with Gasteiger partial charge in [0.05, 0.1) is 25.3 Å². The molecule has 1 fully saturated rings. The Morgan fingerprint density at radius 3 is 2.17 bits per heavy atom. The average molecular weight is 260 g/mol. The number of β-amino-alcohol motifs (C(OH)–C–C–N with tert-alkyl or cyclic N) is 2. The molecule has 1 rings (SSSR count). The first-order chi connectivity index (χ1) is 8.31. The van der Waals surface area contributed by atoms with Crippen molar-refractivity contribution in [1.29, 1.82) is 0 Å². The van der Waals surface area contributed by atoms with Crippen LogP contribution < -0.4 is 5.32 Å². The summed E-state index contributed by atoms with van der Waals surface area (Å²) in [4.78, 5) is 24.0. The predicted molar refractivity (Wildman–Crippen MR) is 63.0 cm³/mol. The molecule has 0 aromatic heterocycles. The number of urea groups is 1. The van der Waals surface area contributed by atoms with Crippen molar-refractivity contribution in [2.24, 2.45) is 5.92 Å². The van der Waals surface area contributed by atoms with Crippen LogP contribution in [0.4, 0.5) is 4.79 Å². The summed E-state index contributed by atoms with van der Waals surface area (Å²) in [6, 6.07) is -1.52. The Morgan fingerprint density at radius 2 is 1.78 bits per heavy atom. The molecular weight excluding hydrogens is 240 g/mol. The molecule has 0 saturated carbocycles. The van der Waals surface area contributed by atoms with Crippen molar-refractivity contribution in [2.75, 3.05) is 13.1 Å². The van der Waals surface area contributed by atoms with Crippen LogP contribution in [0, 0.1) is 5.92 Å². The number of carbonyl (C=O) groups is 2. The van der Waals surface area contributed by atoms with Gasteiger partial charge in [0, 0.05) is 0 Å². The number of amides is 2. The van der Waals surface area contributed by atoms with Crippen molar-refractivity contribution < 1.29 is 24.9 Å². The molecule has 4 N–H and O–H groups in total. The number of aliphatic carboxylic acids is 1. The van der Waals surface area contributed by atoms with Gasteiger partial charge in [-0.1, -0.05) is 13.8 Å². The van der Waals surface area contributed by atoms with Gasteiger partial charge in [-0.05, 0) is 12.3 Å². The summed E-state index contributed by atoms with van der Waals surface area (Å²) in [5.74, 6) is -0.946. The summed E-state index contributed by atoms with van der Waals surface area (Å²) in [7, 11) is 0. The lowest BCUT2D eigenvalue weighted by Gasteiger charge is -2.21. The molecule has 0 aromatic rings. The Balaban J connectivity index is 2.54. The molecule has 7 heteroatoms. The van der Waals surface area contributed by atoms with Crippen LogP contribution in [0.2, 0.25) is 0 Å². The van der Waals surface area contributed by atoms with Crippen LogP contribution in [0.15, 0.2) is 0 Å². The standard InChI is InChI=1S/C11H20N2O5/c1-6(2)3-7(10(16)17)12-11(18)13-4-8(14)9(15)5-13/h6-9,14-15H,3-5H2,1-2H3,(H,12,18)(H,16,17)/t7-,8?,9?/m1/s1. The number of carboxylic acid groups (broad SMARTS) is 1. The summed E-state index contributed by atoms with van der Waals surface area (Å²) < 4.78 is 0. The second-order valence-electron chi connectivity index (χ2n) is 5.01. The Kier molecular flexibility index (Phi) is 4.92. The maximum absolute atomic E-state index is 11.8. The van der Waals surface area contributed by atoms with E-state index in [2.05, 4.69) is 5.32 Å². The molecule has 0 spiro atoms.